The summed E-state index contributed by atoms with van der Waals surface area (Å²) >= 11 is 0. The van der Waals surface area contributed by atoms with Crippen LogP contribution in [0.25, 0.3) is 0 Å². The molecule has 0 aromatic rings. The Bertz CT molecular complexity index is 12.4. The molecule has 0 N–H and O–H groups in total. The smallest absolute Gasteiger partial charge is 0.103 e. The highest BCUT2D eigenvalue weighted by atomic mass is 27.0. The Morgan fingerprint density at radius 2 is 1.40 bits per heavy atom. The highest BCUT2D eigenvalue weighted by molar-refractivity contribution is 5.76. The third-order valence-electron chi connectivity index (χ3n) is 0. The van der Waals surface area contributed by atoms with E-state index in [4.69, 9.17) is 0 Å². The van der Waals surface area contributed by atoms with Crippen molar-refractivity contribution >= 4 is 34.7 Å². The fourth-order valence-corrected chi connectivity index (χ4v) is 0. The fourth-order valence-electron chi connectivity index (χ4n) is 0. The summed E-state index contributed by atoms with van der Waals surface area (Å²) in [6.07, 6.45) is 1.75. The van der Waals surface area contributed by atoms with E-state index < -0.39 is 0 Å². The number of allylic oxidation sites excluding steroid dienone is 1. The summed E-state index contributed by atoms with van der Waals surface area (Å²) in [5.74, 6) is 0. The van der Waals surface area contributed by atoms with Gasteiger partial charge in [-0.15, -0.1) is 6.58 Å². The average molecular weight is 102 g/mol. The summed E-state index contributed by atoms with van der Waals surface area (Å²) in [5.41, 5.74) is 0. The Hall–Kier alpha value is 0.805. The molecule has 0 bridgehead atoms. The summed E-state index contributed by atoms with van der Waals surface area (Å²) in [4.78, 5) is 0. The third-order valence-corrected chi connectivity index (χ3v) is 0. The van der Waals surface area contributed by atoms with Gasteiger partial charge in [-0.2, -0.15) is 0 Å². The van der Waals surface area contributed by atoms with Crippen LogP contribution in [0.4, 0.5) is 0 Å². The van der Waals surface area contributed by atoms with Crippen LogP contribution in [0.3, 0.4) is 0 Å². The molecule has 0 saturated heterocycles. The van der Waals surface area contributed by atoms with E-state index in [0.29, 0.717) is 0 Å². The predicted octanol–water partition coefficient (Wildman–Crippen LogP) is -1.18. The van der Waals surface area contributed by atoms with Gasteiger partial charge in [0, 0.05) is 0 Å². The minimum absolute atomic E-state index is 0. The van der Waals surface area contributed by atoms with Gasteiger partial charge in [-0.3, -0.25) is 0 Å². The van der Waals surface area contributed by atoms with Crippen LogP contribution < -0.4 is 0 Å². The van der Waals surface area contributed by atoms with E-state index in [2.05, 4.69) is 6.58 Å². The van der Waals surface area contributed by atoms with Crippen LogP contribution in [-0.2, 0) is 0 Å². The molecule has 0 fully saturated rings. The zero-order valence-corrected chi connectivity index (χ0v) is 2.28. The minimum Gasteiger partial charge on any atom is -0.103 e. The summed E-state index contributed by atoms with van der Waals surface area (Å²) < 4.78 is 0. The highest BCUT2D eigenvalue weighted by Crippen LogP contribution is 1.38. The normalized spacial score (nSPS) is 2.60. The van der Waals surface area contributed by atoms with Gasteiger partial charge < -0.3 is 0 Å². The van der Waals surface area contributed by atoms with E-state index in [0.717, 1.165) is 0 Å². The lowest BCUT2D eigenvalue weighted by Gasteiger charge is -1.31. The first-order valence-corrected chi connectivity index (χ1v) is 0.986. The van der Waals surface area contributed by atoms with Crippen LogP contribution in [0.5, 0.6) is 0 Å². The van der Waals surface area contributed by atoms with Gasteiger partial charge in [0.2, 0.25) is 0 Å². The second-order valence-electron chi connectivity index (χ2n) is 0.408. The van der Waals surface area contributed by atoms with E-state index in [-0.39, 0.29) is 34.7 Å². The molecule has 0 rings (SSSR count). The topological polar surface area (TPSA) is 0 Å². The number of rotatable bonds is 0. The van der Waals surface area contributed by atoms with Gasteiger partial charge in [-0.1, -0.05) is 6.08 Å². The zero-order valence-electron chi connectivity index (χ0n) is 2.28. The van der Waals surface area contributed by atoms with Gasteiger partial charge in [-0.05, 0) is 6.92 Å². The van der Waals surface area contributed by atoms with Crippen molar-refractivity contribution in [3.05, 3.63) is 12.7 Å². The first-order chi connectivity index (χ1) is 1.41. The van der Waals surface area contributed by atoms with E-state index in [9.17, 15) is 0 Å². The van der Waals surface area contributed by atoms with Gasteiger partial charge in [0.25, 0.3) is 0 Å². The molecule has 0 spiro atoms. The van der Waals surface area contributed by atoms with Crippen LogP contribution in [-0.4, -0.2) is 34.7 Å². The van der Waals surface area contributed by atoms with E-state index >= 15 is 0 Å². The van der Waals surface area contributed by atoms with Crippen molar-refractivity contribution in [2.75, 3.05) is 0 Å². The zero-order chi connectivity index (χ0) is 2.71. The van der Waals surface area contributed by atoms with Crippen molar-refractivity contribution < 1.29 is 0 Å². The van der Waals surface area contributed by atoms with Crippen LogP contribution in [0.15, 0.2) is 12.7 Å². The first-order valence-electron chi connectivity index (χ1n) is 0.986. The van der Waals surface area contributed by atoms with Crippen molar-refractivity contribution in [1.29, 1.82) is 0 Å². The maximum Gasteiger partial charge on any atom is 0.187 e. The van der Waals surface area contributed by atoms with Crippen molar-refractivity contribution in [2.24, 2.45) is 0 Å². The lowest BCUT2D eigenvalue weighted by atomic mass is 10.8. The van der Waals surface area contributed by atoms with Gasteiger partial charge in [-0.25, -0.2) is 0 Å². The Kier molecular flexibility index (Phi) is 72.7. The summed E-state index contributed by atoms with van der Waals surface area (Å²) in [6, 6.07) is 0. The summed E-state index contributed by atoms with van der Waals surface area (Å²) in [7, 11) is 0. The van der Waals surface area contributed by atoms with E-state index in [1.165, 1.54) is 0 Å². The van der Waals surface area contributed by atoms with Gasteiger partial charge in [0.1, 0.15) is 0 Å². The maximum absolute atomic E-state index is 3.36. The lowest BCUT2D eigenvalue weighted by molar-refractivity contribution is 1.80. The average Bonchev–Trinajstić information content (AvgIpc) is 0.918. The molecule has 0 aromatic heterocycles. The first kappa shape index (κ1) is 17.0. The van der Waals surface area contributed by atoms with Crippen LogP contribution in [0, 0.1) is 0 Å². The Labute approximate surface area is 54.5 Å². The monoisotopic (exact) mass is 102 g/mol. The van der Waals surface area contributed by atoms with Gasteiger partial charge >= 0.3 is 0 Å². The molecule has 0 aliphatic rings. The molecular weight excluding hydrogens is 90.0 g/mol. The van der Waals surface area contributed by atoms with Crippen molar-refractivity contribution in [1.82, 2.24) is 0 Å². The van der Waals surface area contributed by atoms with Crippen molar-refractivity contribution in [2.45, 2.75) is 6.92 Å². The molecule has 0 amide bonds. The quantitative estimate of drug-likeness (QED) is 0.267. The molecule has 2 heteroatoms. The molecule has 0 radical (unpaired) electrons. The lowest BCUT2D eigenvalue weighted by Crippen LogP contribution is -1.07. The molecule has 0 nitrogen and oxygen atoms in total. The Morgan fingerprint density at radius 1 is 1.40 bits per heavy atom. The number of hydrogen-bond donors (Lipinski definition) is 0. The molecule has 0 heterocycles. The molecule has 0 aromatic carbocycles. The number of hydrogen-bond acceptors (Lipinski definition) is 0. The van der Waals surface area contributed by atoms with Crippen LogP contribution in [0.1, 0.15) is 6.92 Å². The predicted molar refractivity (Wildman–Crippen MR) is 35.7 cm³/mol. The summed E-state index contributed by atoms with van der Waals surface area (Å²) in [6.45, 7) is 5.25. The molecule has 0 saturated carbocycles. The van der Waals surface area contributed by atoms with Crippen molar-refractivity contribution in [3.63, 3.8) is 0 Å². The Balaban J connectivity index is -0.0000000200. The molecular formula is C3H12Al2. The molecule has 5 heavy (non-hydrogen) atoms. The van der Waals surface area contributed by atoms with Crippen LogP contribution in [0.2, 0.25) is 0 Å². The van der Waals surface area contributed by atoms with Gasteiger partial charge in [0.15, 0.2) is 34.7 Å². The largest absolute Gasteiger partial charge is 0.187 e. The molecule has 0 atom stereocenters. The maximum atomic E-state index is 3.36. The molecule has 30 valence electrons. The third kappa shape index (κ3) is 58.3. The second-order valence-corrected chi connectivity index (χ2v) is 0.408. The SMILES string of the molecule is C=CC.[AlH3].[AlH3]. The van der Waals surface area contributed by atoms with E-state index in [1.807, 2.05) is 6.92 Å². The molecule has 0 unspecified atom stereocenters. The minimum atomic E-state index is 0. The highest BCUT2D eigenvalue weighted by Gasteiger charge is 1.15. The second kappa shape index (κ2) is 21.4. The van der Waals surface area contributed by atoms with Crippen molar-refractivity contribution in [3.8, 4) is 0 Å². The molecule has 0 aliphatic heterocycles. The van der Waals surface area contributed by atoms with Crippen LogP contribution >= 0.6 is 0 Å². The van der Waals surface area contributed by atoms with E-state index in [1.54, 1.807) is 6.08 Å². The van der Waals surface area contributed by atoms with Gasteiger partial charge in [0.05, 0.1) is 0 Å². The standard InChI is InChI=1S/C3H6.2Al.6H/c1-3-2;;;;;;;;/h3H,1H2,2H3;;;;;;;;. The fraction of sp³-hybridized carbons (Fsp3) is 0.333. The Morgan fingerprint density at radius 3 is 1.40 bits per heavy atom. The molecule has 0 aliphatic carbocycles. The summed E-state index contributed by atoms with van der Waals surface area (Å²) in [5, 5.41) is 0.